The average Bonchev–Trinajstić information content (AvgIpc) is 3.03. The standard InChI is InChI=1S/C21H14ClFN2O2/c1-12-18(20(25-27-12)19-15(22)9-5-10-16(19)23)21(26)24-17-11-4-7-13-6-2-3-8-14(13)17/h2-11H,1H3,(H,24,26). The first kappa shape index (κ1) is 17.2. The van der Waals surface area contributed by atoms with Crippen molar-refractivity contribution in [3.63, 3.8) is 0 Å². The van der Waals surface area contributed by atoms with E-state index >= 15 is 0 Å². The second kappa shape index (κ2) is 6.85. The molecule has 134 valence electrons. The molecule has 0 radical (unpaired) electrons. The van der Waals surface area contributed by atoms with E-state index in [1.165, 1.54) is 18.2 Å². The third-order valence-corrected chi connectivity index (χ3v) is 4.64. The largest absolute Gasteiger partial charge is 0.360 e. The number of fused-ring (bicyclic) bond motifs is 1. The molecule has 0 aliphatic rings. The zero-order valence-electron chi connectivity index (χ0n) is 14.3. The highest BCUT2D eigenvalue weighted by atomic mass is 35.5. The highest BCUT2D eigenvalue weighted by Gasteiger charge is 2.25. The number of aryl methyl sites for hydroxylation is 1. The van der Waals surface area contributed by atoms with E-state index in [0.29, 0.717) is 5.69 Å². The van der Waals surface area contributed by atoms with Gasteiger partial charge in [0.2, 0.25) is 0 Å². The van der Waals surface area contributed by atoms with Crippen molar-refractivity contribution in [3.05, 3.63) is 82.8 Å². The second-order valence-electron chi connectivity index (χ2n) is 6.04. The van der Waals surface area contributed by atoms with Gasteiger partial charge in [-0.1, -0.05) is 59.2 Å². The Morgan fingerprint density at radius 1 is 1.07 bits per heavy atom. The minimum absolute atomic E-state index is 0.0408. The fraction of sp³-hybridized carbons (Fsp3) is 0.0476. The van der Waals surface area contributed by atoms with Crippen molar-refractivity contribution in [1.29, 1.82) is 0 Å². The Morgan fingerprint density at radius 3 is 2.63 bits per heavy atom. The van der Waals surface area contributed by atoms with Crippen LogP contribution in [0.1, 0.15) is 16.1 Å². The predicted molar refractivity (Wildman–Crippen MR) is 104 cm³/mol. The molecule has 3 aromatic carbocycles. The van der Waals surface area contributed by atoms with Gasteiger partial charge in [-0.15, -0.1) is 0 Å². The monoisotopic (exact) mass is 380 g/mol. The van der Waals surface area contributed by atoms with Crippen LogP contribution in [0.25, 0.3) is 22.0 Å². The number of benzene rings is 3. The van der Waals surface area contributed by atoms with Gasteiger partial charge in [-0.3, -0.25) is 4.79 Å². The molecule has 0 saturated carbocycles. The van der Waals surface area contributed by atoms with Crippen LogP contribution in [0.2, 0.25) is 5.02 Å². The number of carbonyl (C=O) groups is 1. The van der Waals surface area contributed by atoms with E-state index in [1.807, 2.05) is 36.4 Å². The number of nitrogens with one attached hydrogen (secondary N) is 1. The van der Waals surface area contributed by atoms with E-state index in [4.69, 9.17) is 16.1 Å². The van der Waals surface area contributed by atoms with Crippen molar-refractivity contribution < 1.29 is 13.7 Å². The highest BCUT2D eigenvalue weighted by molar-refractivity contribution is 6.33. The van der Waals surface area contributed by atoms with Gasteiger partial charge in [0.15, 0.2) is 0 Å². The van der Waals surface area contributed by atoms with Crippen LogP contribution in [-0.2, 0) is 0 Å². The van der Waals surface area contributed by atoms with Crippen LogP contribution < -0.4 is 5.32 Å². The first-order valence-corrected chi connectivity index (χ1v) is 8.64. The Bertz CT molecular complexity index is 1140. The fourth-order valence-electron chi connectivity index (χ4n) is 3.05. The molecule has 0 spiro atoms. The van der Waals surface area contributed by atoms with Crippen LogP contribution in [0.3, 0.4) is 0 Å². The third kappa shape index (κ3) is 3.06. The maximum absolute atomic E-state index is 14.3. The summed E-state index contributed by atoms with van der Waals surface area (Å²) in [6, 6.07) is 17.6. The quantitative estimate of drug-likeness (QED) is 0.485. The van der Waals surface area contributed by atoms with Gasteiger partial charge in [0.1, 0.15) is 22.8 Å². The van der Waals surface area contributed by atoms with Crippen LogP contribution in [0.4, 0.5) is 10.1 Å². The minimum Gasteiger partial charge on any atom is -0.360 e. The molecule has 1 amide bonds. The van der Waals surface area contributed by atoms with Crippen LogP contribution in [-0.4, -0.2) is 11.1 Å². The Morgan fingerprint density at radius 2 is 1.81 bits per heavy atom. The van der Waals surface area contributed by atoms with Gasteiger partial charge in [0.05, 0.1) is 10.6 Å². The first-order chi connectivity index (χ1) is 13.1. The Labute approximate surface area is 159 Å². The Hall–Kier alpha value is -3.18. The second-order valence-corrected chi connectivity index (χ2v) is 6.45. The SMILES string of the molecule is Cc1onc(-c2c(F)cccc2Cl)c1C(=O)Nc1cccc2ccccc12. The van der Waals surface area contributed by atoms with Crippen LogP contribution >= 0.6 is 11.6 Å². The van der Waals surface area contributed by atoms with Gasteiger partial charge >= 0.3 is 0 Å². The molecule has 4 aromatic rings. The third-order valence-electron chi connectivity index (χ3n) is 4.33. The molecule has 1 aromatic heterocycles. The molecule has 0 aliphatic carbocycles. The van der Waals surface area contributed by atoms with Crippen molar-refractivity contribution in [3.8, 4) is 11.3 Å². The van der Waals surface area contributed by atoms with Gasteiger partial charge in [0.25, 0.3) is 5.91 Å². The summed E-state index contributed by atoms with van der Waals surface area (Å²) in [6.07, 6.45) is 0. The summed E-state index contributed by atoms with van der Waals surface area (Å²) in [7, 11) is 0. The fourth-order valence-corrected chi connectivity index (χ4v) is 3.31. The van der Waals surface area contributed by atoms with Crippen LogP contribution in [0.15, 0.2) is 65.2 Å². The maximum Gasteiger partial charge on any atom is 0.261 e. The molecule has 0 bridgehead atoms. The maximum atomic E-state index is 14.3. The molecule has 0 saturated heterocycles. The van der Waals surface area contributed by atoms with Crippen LogP contribution in [0.5, 0.6) is 0 Å². The van der Waals surface area contributed by atoms with Crippen LogP contribution in [0, 0.1) is 12.7 Å². The number of halogens is 2. The number of hydrogen-bond donors (Lipinski definition) is 1. The summed E-state index contributed by atoms with van der Waals surface area (Å²) >= 11 is 6.13. The minimum atomic E-state index is -0.574. The normalized spacial score (nSPS) is 10.9. The van der Waals surface area contributed by atoms with Crippen molar-refractivity contribution >= 4 is 34.0 Å². The number of rotatable bonds is 3. The summed E-state index contributed by atoms with van der Waals surface area (Å²) in [5.41, 5.74) is 0.909. The zero-order valence-corrected chi connectivity index (χ0v) is 15.0. The highest BCUT2D eigenvalue weighted by Crippen LogP contribution is 2.34. The van der Waals surface area contributed by atoms with E-state index in [-0.39, 0.29) is 27.6 Å². The summed E-state index contributed by atoms with van der Waals surface area (Å²) in [4.78, 5) is 13.0. The molecule has 27 heavy (non-hydrogen) atoms. The van der Waals surface area contributed by atoms with Gasteiger partial charge in [-0.25, -0.2) is 4.39 Å². The van der Waals surface area contributed by atoms with Crippen molar-refractivity contribution in [2.75, 3.05) is 5.32 Å². The molecular formula is C21H14ClFN2O2. The molecule has 0 atom stereocenters. The van der Waals surface area contributed by atoms with E-state index in [0.717, 1.165) is 10.8 Å². The summed E-state index contributed by atoms with van der Waals surface area (Å²) in [6.45, 7) is 1.60. The van der Waals surface area contributed by atoms with E-state index < -0.39 is 11.7 Å². The molecule has 0 fully saturated rings. The average molecular weight is 381 g/mol. The van der Waals surface area contributed by atoms with Gasteiger partial charge in [-0.05, 0) is 30.5 Å². The number of amides is 1. The number of nitrogens with zero attached hydrogens (tertiary/aromatic N) is 1. The summed E-state index contributed by atoms with van der Waals surface area (Å²) in [5, 5.41) is 8.79. The van der Waals surface area contributed by atoms with Gasteiger partial charge in [0, 0.05) is 11.1 Å². The lowest BCUT2D eigenvalue weighted by Gasteiger charge is -2.10. The lowest BCUT2D eigenvalue weighted by molar-refractivity contribution is 0.102. The summed E-state index contributed by atoms with van der Waals surface area (Å²) < 4.78 is 19.5. The molecule has 4 rings (SSSR count). The molecule has 1 heterocycles. The Kier molecular flexibility index (Phi) is 4.38. The molecule has 0 aliphatic heterocycles. The van der Waals surface area contributed by atoms with E-state index in [1.54, 1.807) is 13.0 Å². The van der Waals surface area contributed by atoms with Gasteiger partial charge < -0.3 is 9.84 Å². The smallest absolute Gasteiger partial charge is 0.261 e. The number of anilines is 1. The number of hydrogen-bond acceptors (Lipinski definition) is 3. The van der Waals surface area contributed by atoms with Gasteiger partial charge in [-0.2, -0.15) is 0 Å². The number of carbonyl (C=O) groups excluding carboxylic acids is 1. The molecule has 4 nitrogen and oxygen atoms in total. The first-order valence-electron chi connectivity index (χ1n) is 8.26. The van der Waals surface area contributed by atoms with Crippen molar-refractivity contribution in [2.24, 2.45) is 0 Å². The Balaban J connectivity index is 1.78. The van der Waals surface area contributed by atoms with E-state index in [9.17, 15) is 9.18 Å². The van der Waals surface area contributed by atoms with Crippen molar-refractivity contribution in [2.45, 2.75) is 6.92 Å². The summed E-state index contributed by atoms with van der Waals surface area (Å²) in [5.74, 6) is -0.739. The lowest BCUT2D eigenvalue weighted by atomic mass is 10.0. The molecule has 6 heteroatoms. The molecule has 1 N–H and O–H groups in total. The predicted octanol–water partition coefficient (Wildman–Crippen LogP) is 5.85. The zero-order chi connectivity index (χ0) is 19.0. The molecular weight excluding hydrogens is 367 g/mol. The number of aromatic nitrogens is 1. The van der Waals surface area contributed by atoms with E-state index in [2.05, 4.69) is 10.5 Å². The lowest BCUT2D eigenvalue weighted by Crippen LogP contribution is -2.14. The topological polar surface area (TPSA) is 55.1 Å². The molecule has 0 unspecified atom stereocenters. The van der Waals surface area contributed by atoms with Crippen molar-refractivity contribution in [1.82, 2.24) is 5.16 Å².